The second kappa shape index (κ2) is 10.5. The molecule has 3 rings (SSSR count). The summed E-state index contributed by atoms with van der Waals surface area (Å²) in [6, 6.07) is 7.87. The van der Waals surface area contributed by atoms with E-state index in [9.17, 15) is 9.59 Å². The van der Waals surface area contributed by atoms with Gasteiger partial charge in [-0.15, -0.1) is 12.4 Å². The predicted molar refractivity (Wildman–Crippen MR) is 106 cm³/mol. The molecule has 0 aliphatic carbocycles. The van der Waals surface area contributed by atoms with Gasteiger partial charge < -0.3 is 20.9 Å². The van der Waals surface area contributed by atoms with Gasteiger partial charge in [-0.05, 0) is 37.4 Å². The summed E-state index contributed by atoms with van der Waals surface area (Å²) < 4.78 is 0. The van der Waals surface area contributed by atoms with Crippen LogP contribution in [-0.4, -0.2) is 56.0 Å². The van der Waals surface area contributed by atoms with E-state index >= 15 is 0 Å². The van der Waals surface area contributed by atoms with Gasteiger partial charge in [0.15, 0.2) is 0 Å². The zero-order chi connectivity index (χ0) is 17.5. The highest BCUT2D eigenvalue weighted by Crippen LogP contribution is 2.27. The van der Waals surface area contributed by atoms with Crippen LogP contribution in [-0.2, 0) is 16.0 Å². The van der Waals surface area contributed by atoms with Crippen molar-refractivity contribution in [2.75, 3.05) is 44.6 Å². The van der Waals surface area contributed by atoms with Crippen molar-refractivity contribution in [1.29, 1.82) is 0 Å². The Kier molecular flexibility index (Phi) is 8.35. The number of fused-ring (bicyclic) bond motifs is 1. The fourth-order valence-corrected chi connectivity index (χ4v) is 3.51. The van der Waals surface area contributed by atoms with E-state index in [0.29, 0.717) is 19.4 Å². The van der Waals surface area contributed by atoms with Gasteiger partial charge in [-0.2, -0.15) is 0 Å². The second-order valence-corrected chi connectivity index (χ2v) is 6.88. The Balaban J connectivity index is 0.00000243. The number of carbonyl (C=O) groups excluding carboxylic acids is 2. The molecule has 2 amide bonds. The number of benzene rings is 1. The van der Waals surface area contributed by atoms with Crippen LogP contribution < -0.4 is 16.0 Å². The normalized spacial score (nSPS) is 19.8. The Morgan fingerprint density at radius 3 is 2.81 bits per heavy atom. The molecule has 1 unspecified atom stereocenters. The maximum atomic E-state index is 12.2. The molecule has 2 aliphatic heterocycles. The van der Waals surface area contributed by atoms with Crippen LogP contribution in [0.3, 0.4) is 0 Å². The Morgan fingerprint density at radius 1 is 1.23 bits per heavy atom. The van der Waals surface area contributed by atoms with E-state index < -0.39 is 0 Å². The zero-order valence-electron chi connectivity index (χ0n) is 15.1. The molecule has 144 valence electrons. The third kappa shape index (κ3) is 5.97. The van der Waals surface area contributed by atoms with Gasteiger partial charge in [0.05, 0.1) is 0 Å². The highest BCUT2D eigenvalue weighted by molar-refractivity contribution is 5.96. The van der Waals surface area contributed by atoms with Crippen LogP contribution in [0, 0.1) is 5.92 Å². The van der Waals surface area contributed by atoms with Gasteiger partial charge in [-0.1, -0.05) is 18.2 Å². The molecule has 26 heavy (non-hydrogen) atoms. The Hall–Kier alpha value is -1.63. The molecule has 0 spiro atoms. The second-order valence-electron chi connectivity index (χ2n) is 6.88. The summed E-state index contributed by atoms with van der Waals surface area (Å²) in [6.45, 7) is 6.03. The van der Waals surface area contributed by atoms with Crippen LogP contribution in [0.4, 0.5) is 5.69 Å². The van der Waals surface area contributed by atoms with Crippen LogP contribution in [0.15, 0.2) is 24.3 Å². The standard InChI is InChI=1S/C19H28N4O2.ClH/c24-18(21-8-3-11-23-12-9-20-10-13-23)7-6-16-14-15-4-1-2-5-17(15)22-19(16)25;/h1-2,4-5,16,20H,3,6-14H2,(H,21,24)(H,22,25);1H. The first-order valence-electron chi connectivity index (χ1n) is 9.31. The van der Waals surface area contributed by atoms with Crippen molar-refractivity contribution in [3.63, 3.8) is 0 Å². The molecule has 1 atom stereocenters. The molecule has 6 nitrogen and oxygen atoms in total. The number of para-hydroxylation sites is 1. The molecule has 2 heterocycles. The summed E-state index contributed by atoms with van der Waals surface area (Å²) in [5.41, 5.74) is 2.06. The zero-order valence-corrected chi connectivity index (χ0v) is 15.9. The molecular weight excluding hydrogens is 352 g/mol. The number of halogens is 1. The minimum atomic E-state index is -0.110. The van der Waals surface area contributed by atoms with Gasteiger partial charge in [0.25, 0.3) is 0 Å². The van der Waals surface area contributed by atoms with Gasteiger partial charge in [0.2, 0.25) is 11.8 Å². The van der Waals surface area contributed by atoms with Crippen molar-refractivity contribution in [2.45, 2.75) is 25.7 Å². The van der Waals surface area contributed by atoms with Crippen LogP contribution in [0.1, 0.15) is 24.8 Å². The Morgan fingerprint density at radius 2 is 2.00 bits per heavy atom. The van der Waals surface area contributed by atoms with E-state index in [2.05, 4.69) is 20.9 Å². The fraction of sp³-hybridized carbons (Fsp3) is 0.579. The SMILES string of the molecule is Cl.O=C(CCC1Cc2ccccc2NC1=O)NCCCN1CCNCC1. The van der Waals surface area contributed by atoms with Gasteiger partial charge in [0.1, 0.15) is 0 Å². The number of hydrogen-bond donors (Lipinski definition) is 3. The molecule has 1 aromatic carbocycles. The summed E-state index contributed by atoms with van der Waals surface area (Å²) in [5, 5.41) is 9.26. The minimum Gasteiger partial charge on any atom is -0.356 e. The quantitative estimate of drug-likeness (QED) is 0.625. The number of piperazine rings is 1. The Bertz CT molecular complexity index is 605. The topological polar surface area (TPSA) is 73.5 Å². The van der Waals surface area contributed by atoms with Crippen molar-refractivity contribution >= 4 is 29.9 Å². The molecule has 2 aliphatic rings. The lowest BCUT2D eigenvalue weighted by atomic mass is 9.89. The average Bonchev–Trinajstić information content (AvgIpc) is 2.64. The minimum absolute atomic E-state index is 0. The van der Waals surface area contributed by atoms with Crippen molar-refractivity contribution in [3.05, 3.63) is 29.8 Å². The van der Waals surface area contributed by atoms with Crippen molar-refractivity contribution in [2.24, 2.45) is 5.92 Å². The molecule has 0 radical (unpaired) electrons. The maximum Gasteiger partial charge on any atom is 0.227 e. The molecule has 0 bridgehead atoms. The highest BCUT2D eigenvalue weighted by Gasteiger charge is 2.26. The van der Waals surface area contributed by atoms with E-state index in [1.807, 2.05) is 24.3 Å². The lowest BCUT2D eigenvalue weighted by Crippen LogP contribution is -2.44. The van der Waals surface area contributed by atoms with Gasteiger partial charge in [-0.25, -0.2) is 0 Å². The molecule has 3 N–H and O–H groups in total. The van der Waals surface area contributed by atoms with Gasteiger partial charge in [0, 0.05) is 50.7 Å². The van der Waals surface area contributed by atoms with Crippen molar-refractivity contribution < 1.29 is 9.59 Å². The summed E-state index contributed by atoms with van der Waals surface area (Å²) in [7, 11) is 0. The number of nitrogens with zero attached hydrogens (tertiary/aromatic N) is 1. The Labute approximate surface area is 161 Å². The lowest BCUT2D eigenvalue weighted by Gasteiger charge is -2.27. The number of hydrogen-bond acceptors (Lipinski definition) is 4. The smallest absolute Gasteiger partial charge is 0.227 e. The predicted octanol–water partition coefficient (Wildman–Crippen LogP) is 1.41. The molecule has 1 saturated heterocycles. The van der Waals surface area contributed by atoms with Crippen LogP contribution >= 0.6 is 12.4 Å². The largest absolute Gasteiger partial charge is 0.356 e. The summed E-state index contributed by atoms with van der Waals surface area (Å²) in [6.07, 6.45) is 2.71. The molecule has 1 aromatic rings. The third-order valence-corrected chi connectivity index (χ3v) is 5.02. The number of rotatable bonds is 7. The first-order chi connectivity index (χ1) is 12.2. The van der Waals surface area contributed by atoms with Crippen molar-refractivity contribution in [1.82, 2.24) is 15.5 Å². The van der Waals surface area contributed by atoms with Crippen molar-refractivity contribution in [3.8, 4) is 0 Å². The molecule has 7 heteroatoms. The summed E-state index contributed by atoms with van der Waals surface area (Å²) in [4.78, 5) is 26.6. The van der Waals surface area contributed by atoms with E-state index in [-0.39, 0.29) is 30.1 Å². The average molecular weight is 381 g/mol. The number of anilines is 1. The highest BCUT2D eigenvalue weighted by atomic mass is 35.5. The molecule has 0 aromatic heterocycles. The van der Waals surface area contributed by atoms with E-state index in [1.54, 1.807) is 0 Å². The first kappa shape index (κ1) is 20.7. The molecule has 0 saturated carbocycles. The molecular formula is C19H29ClN4O2. The maximum absolute atomic E-state index is 12.2. The number of amides is 2. The van der Waals surface area contributed by atoms with Crippen LogP contribution in [0.5, 0.6) is 0 Å². The third-order valence-electron chi connectivity index (χ3n) is 5.02. The van der Waals surface area contributed by atoms with Gasteiger partial charge >= 0.3 is 0 Å². The first-order valence-corrected chi connectivity index (χ1v) is 9.31. The van der Waals surface area contributed by atoms with Crippen LogP contribution in [0.25, 0.3) is 0 Å². The number of nitrogens with one attached hydrogen (secondary N) is 3. The number of carbonyl (C=O) groups is 2. The lowest BCUT2D eigenvalue weighted by molar-refractivity contribution is -0.122. The summed E-state index contributed by atoms with van der Waals surface area (Å²) >= 11 is 0. The monoisotopic (exact) mass is 380 g/mol. The van der Waals surface area contributed by atoms with E-state index in [1.165, 1.54) is 0 Å². The van der Waals surface area contributed by atoms with E-state index in [0.717, 1.165) is 56.8 Å². The van der Waals surface area contributed by atoms with E-state index in [4.69, 9.17) is 0 Å². The fourth-order valence-electron chi connectivity index (χ4n) is 3.51. The van der Waals surface area contributed by atoms with Crippen LogP contribution in [0.2, 0.25) is 0 Å². The summed E-state index contributed by atoms with van der Waals surface area (Å²) in [5.74, 6) is -0.0290. The van der Waals surface area contributed by atoms with Gasteiger partial charge in [-0.3, -0.25) is 9.59 Å². The molecule has 1 fully saturated rings.